The van der Waals surface area contributed by atoms with Gasteiger partial charge in [0.15, 0.2) is 0 Å². The van der Waals surface area contributed by atoms with E-state index in [9.17, 15) is 22.8 Å². The van der Waals surface area contributed by atoms with E-state index in [0.717, 1.165) is 10.0 Å². The number of anilines is 1. The second-order valence-electron chi connectivity index (χ2n) is 6.66. The van der Waals surface area contributed by atoms with Gasteiger partial charge in [0.05, 0.1) is 22.3 Å². The molecule has 31 heavy (non-hydrogen) atoms. The summed E-state index contributed by atoms with van der Waals surface area (Å²) in [5.41, 5.74) is -0.433. The van der Waals surface area contributed by atoms with Crippen LogP contribution < -0.4 is 10.9 Å². The van der Waals surface area contributed by atoms with Crippen LogP contribution in [0.3, 0.4) is 0 Å². The van der Waals surface area contributed by atoms with E-state index >= 15 is 0 Å². The number of para-hydroxylation sites is 1. The number of aromatic amines is 1. The lowest BCUT2D eigenvalue weighted by atomic mass is 10.0. The van der Waals surface area contributed by atoms with Crippen LogP contribution in [0, 0.1) is 0 Å². The van der Waals surface area contributed by atoms with Gasteiger partial charge in [0.25, 0.3) is 11.5 Å². The summed E-state index contributed by atoms with van der Waals surface area (Å²) in [6.45, 7) is 0. The van der Waals surface area contributed by atoms with Gasteiger partial charge in [-0.3, -0.25) is 9.59 Å². The predicted molar refractivity (Wildman–Crippen MR) is 115 cm³/mol. The van der Waals surface area contributed by atoms with Crippen LogP contribution >= 0.6 is 15.9 Å². The highest BCUT2D eigenvalue weighted by Crippen LogP contribution is 2.30. The number of benzene rings is 2. The number of carbonyl (C=O) groups excluding carboxylic acids is 1. The molecule has 2 heterocycles. The number of hydrogen-bond acceptors (Lipinski definition) is 3. The molecule has 4 rings (SSSR count). The van der Waals surface area contributed by atoms with E-state index in [0.29, 0.717) is 28.9 Å². The molecule has 0 radical (unpaired) electrons. The number of alkyl halides is 3. The number of rotatable bonds is 3. The van der Waals surface area contributed by atoms with Crippen LogP contribution in [0.5, 0.6) is 0 Å². The second kappa shape index (κ2) is 7.99. The summed E-state index contributed by atoms with van der Waals surface area (Å²) in [5.74, 6) is -0.721. The van der Waals surface area contributed by atoms with Gasteiger partial charge in [-0.25, -0.2) is 4.98 Å². The Hall–Kier alpha value is -3.46. The van der Waals surface area contributed by atoms with Crippen LogP contribution in [0.15, 0.2) is 76.1 Å². The average molecular weight is 488 g/mol. The van der Waals surface area contributed by atoms with Gasteiger partial charge in [-0.2, -0.15) is 13.2 Å². The first-order valence-corrected chi connectivity index (χ1v) is 9.79. The minimum atomic E-state index is -4.66. The average Bonchev–Trinajstić information content (AvgIpc) is 2.74. The molecular formula is C22H13BrF3N3O2. The lowest BCUT2D eigenvalue weighted by Gasteiger charge is -2.12. The molecule has 0 atom stereocenters. The Labute approximate surface area is 182 Å². The third-order valence-electron chi connectivity index (χ3n) is 4.58. The van der Waals surface area contributed by atoms with Gasteiger partial charge in [0, 0.05) is 21.6 Å². The molecule has 0 bridgehead atoms. The Morgan fingerprint density at radius 2 is 1.74 bits per heavy atom. The van der Waals surface area contributed by atoms with Crippen LogP contribution in [-0.4, -0.2) is 15.9 Å². The van der Waals surface area contributed by atoms with Gasteiger partial charge in [0.1, 0.15) is 5.69 Å². The van der Waals surface area contributed by atoms with Crippen LogP contribution in [0.4, 0.5) is 18.9 Å². The maximum Gasteiger partial charge on any atom is 0.417 e. The maximum absolute atomic E-state index is 13.0. The maximum atomic E-state index is 13.0. The largest absolute Gasteiger partial charge is 0.417 e. The zero-order chi connectivity index (χ0) is 22.2. The molecule has 0 saturated heterocycles. The number of pyridine rings is 2. The fraction of sp³-hybridized carbons (Fsp3) is 0.0455. The highest BCUT2D eigenvalue weighted by Gasteiger charge is 2.31. The van der Waals surface area contributed by atoms with Crippen molar-refractivity contribution in [3.63, 3.8) is 0 Å². The van der Waals surface area contributed by atoms with Gasteiger partial charge >= 0.3 is 6.18 Å². The quantitative estimate of drug-likeness (QED) is 0.393. The fourth-order valence-corrected chi connectivity index (χ4v) is 3.33. The SMILES string of the molecule is O=C(Nc1cc(C(F)(F)F)c[nH]c1=O)c1cc(-c2ccc(Br)cc2)nc2ccccc12. The molecule has 0 fully saturated rings. The monoisotopic (exact) mass is 487 g/mol. The first kappa shape index (κ1) is 20.8. The first-order valence-electron chi connectivity index (χ1n) is 8.99. The summed E-state index contributed by atoms with van der Waals surface area (Å²) in [4.78, 5) is 31.6. The summed E-state index contributed by atoms with van der Waals surface area (Å²) in [7, 11) is 0. The zero-order valence-electron chi connectivity index (χ0n) is 15.6. The third kappa shape index (κ3) is 4.36. The highest BCUT2D eigenvalue weighted by molar-refractivity contribution is 9.10. The second-order valence-corrected chi connectivity index (χ2v) is 7.58. The highest BCUT2D eigenvalue weighted by atomic mass is 79.9. The molecule has 4 aromatic rings. The number of hydrogen-bond donors (Lipinski definition) is 2. The smallest absolute Gasteiger partial charge is 0.327 e. The number of aromatic nitrogens is 2. The van der Waals surface area contributed by atoms with Gasteiger partial charge < -0.3 is 10.3 Å². The van der Waals surface area contributed by atoms with Crippen molar-refractivity contribution >= 4 is 38.4 Å². The molecule has 2 aromatic heterocycles. The molecule has 0 spiro atoms. The third-order valence-corrected chi connectivity index (χ3v) is 5.11. The minimum absolute atomic E-state index is 0.181. The molecule has 0 unspecified atom stereocenters. The van der Waals surface area contributed by atoms with E-state index in [1.807, 2.05) is 29.2 Å². The number of carbonyl (C=O) groups is 1. The lowest BCUT2D eigenvalue weighted by Crippen LogP contribution is -2.21. The summed E-state index contributed by atoms with van der Waals surface area (Å²) in [6.07, 6.45) is -4.10. The van der Waals surface area contributed by atoms with Gasteiger partial charge in [0.2, 0.25) is 0 Å². The van der Waals surface area contributed by atoms with E-state index in [1.54, 1.807) is 30.3 Å². The van der Waals surface area contributed by atoms with Crippen molar-refractivity contribution in [2.24, 2.45) is 0 Å². The van der Waals surface area contributed by atoms with Gasteiger partial charge in [-0.1, -0.05) is 46.3 Å². The minimum Gasteiger partial charge on any atom is -0.327 e. The van der Waals surface area contributed by atoms with Gasteiger partial charge in [-0.15, -0.1) is 0 Å². The molecule has 0 aliphatic rings. The molecule has 0 saturated carbocycles. The standard InChI is InChI=1S/C22H13BrF3N3O2/c23-14-7-5-12(6-8-14)18-10-16(15-3-1-2-4-17(15)28-18)20(30)29-19-9-13(22(24,25)26)11-27-21(19)31/h1-11H,(H,27,31)(H,29,30). The van der Waals surface area contributed by atoms with Crippen LogP contribution in [0.1, 0.15) is 15.9 Å². The Morgan fingerprint density at radius 3 is 2.45 bits per heavy atom. The predicted octanol–water partition coefficient (Wildman–Crippen LogP) is 5.62. The van der Waals surface area contributed by atoms with Crippen molar-refractivity contribution < 1.29 is 18.0 Å². The van der Waals surface area contributed by atoms with Crippen molar-refractivity contribution in [3.05, 3.63) is 92.8 Å². The summed E-state index contributed by atoms with van der Waals surface area (Å²) in [6, 6.07) is 16.3. The van der Waals surface area contributed by atoms with E-state index in [2.05, 4.69) is 26.2 Å². The zero-order valence-corrected chi connectivity index (χ0v) is 17.2. The number of halogens is 4. The molecule has 1 amide bonds. The Balaban J connectivity index is 1.79. The summed E-state index contributed by atoms with van der Waals surface area (Å²) >= 11 is 3.36. The molecule has 0 aliphatic heterocycles. The summed E-state index contributed by atoms with van der Waals surface area (Å²) in [5, 5.41) is 2.80. The number of nitrogens with zero attached hydrogens (tertiary/aromatic N) is 1. The van der Waals surface area contributed by atoms with Crippen LogP contribution in [0.25, 0.3) is 22.2 Å². The Kier molecular flexibility index (Phi) is 5.36. The van der Waals surface area contributed by atoms with E-state index in [1.165, 1.54) is 0 Å². The van der Waals surface area contributed by atoms with Crippen LogP contribution in [0.2, 0.25) is 0 Å². The van der Waals surface area contributed by atoms with Crippen molar-refractivity contribution in [1.82, 2.24) is 9.97 Å². The van der Waals surface area contributed by atoms with Crippen molar-refractivity contribution in [2.75, 3.05) is 5.32 Å². The molecule has 5 nitrogen and oxygen atoms in total. The molecule has 0 aliphatic carbocycles. The lowest BCUT2D eigenvalue weighted by molar-refractivity contribution is -0.137. The van der Waals surface area contributed by atoms with Crippen LogP contribution in [-0.2, 0) is 6.18 Å². The van der Waals surface area contributed by atoms with Crippen molar-refractivity contribution in [1.29, 1.82) is 0 Å². The van der Waals surface area contributed by atoms with E-state index < -0.39 is 28.9 Å². The normalized spacial score (nSPS) is 11.5. The molecule has 156 valence electrons. The number of amides is 1. The Morgan fingerprint density at radius 1 is 1.03 bits per heavy atom. The van der Waals surface area contributed by atoms with Crippen molar-refractivity contribution in [3.8, 4) is 11.3 Å². The number of fused-ring (bicyclic) bond motifs is 1. The molecular weight excluding hydrogens is 475 g/mol. The van der Waals surface area contributed by atoms with E-state index in [-0.39, 0.29) is 5.56 Å². The molecule has 2 N–H and O–H groups in total. The molecule has 2 aromatic carbocycles. The van der Waals surface area contributed by atoms with Crippen molar-refractivity contribution in [2.45, 2.75) is 6.18 Å². The topological polar surface area (TPSA) is 74.8 Å². The Bertz CT molecular complexity index is 1350. The fourth-order valence-electron chi connectivity index (χ4n) is 3.06. The number of H-pyrrole nitrogens is 1. The van der Waals surface area contributed by atoms with Gasteiger partial charge in [-0.05, 0) is 30.3 Å². The first-order chi connectivity index (χ1) is 14.7. The van der Waals surface area contributed by atoms with E-state index in [4.69, 9.17) is 0 Å². The number of nitrogens with one attached hydrogen (secondary N) is 2. The molecule has 9 heteroatoms. The summed E-state index contributed by atoms with van der Waals surface area (Å²) < 4.78 is 39.8.